The van der Waals surface area contributed by atoms with Crippen molar-refractivity contribution >= 4 is 0 Å². The van der Waals surface area contributed by atoms with E-state index in [1.165, 1.54) is 5.69 Å². The van der Waals surface area contributed by atoms with E-state index in [9.17, 15) is 0 Å². The summed E-state index contributed by atoms with van der Waals surface area (Å²) in [5, 5.41) is 6.88. The molecule has 0 unspecified atom stereocenters. The van der Waals surface area contributed by atoms with Crippen LogP contribution in [0.4, 0.5) is 0 Å². The van der Waals surface area contributed by atoms with Crippen molar-refractivity contribution in [2.75, 3.05) is 19.6 Å². The Morgan fingerprint density at radius 3 is 2.62 bits per heavy atom. The molecule has 0 atom stereocenters. The fraction of sp³-hybridized carbons (Fsp3) is 0.692. The third-order valence-corrected chi connectivity index (χ3v) is 2.75. The van der Waals surface area contributed by atoms with E-state index in [0.717, 1.165) is 19.6 Å². The van der Waals surface area contributed by atoms with Gasteiger partial charge in [-0.2, -0.15) is 0 Å². The highest BCUT2D eigenvalue weighted by molar-refractivity contribution is 5.15. The van der Waals surface area contributed by atoms with Crippen LogP contribution in [0.25, 0.3) is 0 Å². The Morgan fingerprint density at radius 1 is 1.31 bits per heavy atom. The fourth-order valence-electron chi connectivity index (χ4n) is 1.70. The minimum Gasteiger partial charge on any atom is -0.365 e. The molecule has 1 heterocycles. The molecule has 0 saturated heterocycles. The van der Waals surface area contributed by atoms with E-state index in [0.29, 0.717) is 6.04 Å². The summed E-state index contributed by atoms with van der Waals surface area (Å²) in [6.45, 7) is 11.9. The van der Waals surface area contributed by atoms with Crippen LogP contribution < -0.4 is 10.6 Å². The lowest BCUT2D eigenvalue weighted by Crippen LogP contribution is -2.38. The molecule has 16 heavy (non-hydrogen) atoms. The quantitative estimate of drug-likeness (QED) is 0.618. The highest BCUT2D eigenvalue weighted by Gasteiger charge is 2.20. The molecule has 0 saturated carbocycles. The summed E-state index contributed by atoms with van der Waals surface area (Å²) in [7, 11) is 0. The summed E-state index contributed by atoms with van der Waals surface area (Å²) in [5.41, 5.74) is 1.46. The van der Waals surface area contributed by atoms with Crippen molar-refractivity contribution in [1.82, 2.24) is 15.6 Å². The molecule has 0 aliphatic heterocycles. The third-order valence-electron chi connectivity index (χ3n) is 2.75. The SMILES string of the molecule is CC(C)NCCNCC(C)(C)c1ccc[nH]1. The summed E-state index contributed by atoms with van der Waals surface area (Å²) < 4.78 is 0. The summed E-state index contributed by atoms with van der Waals surface area (Å²) in [6, 6.07) is 4.77. The molecule has 3 heteroatoms. The van der Waals surface area contributed by atoms with Gasteiger partial charge in [0.2, 0.25) is 0 Å². The van der Waals surface area contributed by atoms with Crippen molar-refractivity contribution in [1.29, 1.82) is 0 Å². The van der Waals surface area contributed by atoms with Crippen molar-refractivity contribution < 1.29 is 0 Å². The monoisotopic (exact) mass is 223 g/mol. The predicted octanol–water partition coefficient (Wildman–Crippen LogP) is 1.88. The second-order valence-corrected chi connectivity index (χ2v) is 5.25. The van der Waals surface area contributed by atoms with E-state index in [1.807, 2.05) is 6.20 Å². The van der Waals surface area contributed by atoms with Gasteiger partial charge in [0.05, 0.1) is 0 Å². The van der Waals surface area contributed by atoms with Crippen molar-refractivity contribution in [3.8, 4) is 0 Å². The molecule has 3 N–H and O–H groups in total. The molecule has 0 radical (unpaired) electrons. The number of aromatic amines is 1. The Labute approximate surface area is 99.0 Å². The molecule has 0 amide bonds. The number of hydrogen-bond donors (Lipinski definition) is 3. The van der Waals surface area contributed by atoms with Gasteiger partial charge < -0.3 is 15.6 Å². The first-order valence-corrected chi connectivity index (χ1v) is 6.10. The van der Waals surface area contributed by atoms with Gasteiger partial charge in [0.25, 0.3) is 0 Å². The lowest BCUT2D eigenvalue weighted by molar-refractivity contribution is 0.450. The number of nitrogens with one attached hydrogen (secondary N) is 3. The van der Waals surface area contributed by atoms with Gasteiger partial charge in [-0.05, 0) is 12.1 Å². The van der Waals surface area contributed by atoms with Crippen LogP contribution in [-0.4, -0.2) is 30.7 Å². The summed E-state index contributed by atoms with van der Waals surface area (Å²) in [6.07, 6.45) is 1.98. The minimum atomic E-state index is 0.168. The van der Waals surface area contributed by atoms with Crippen LogP contribution in [0.2, 0.25) is 0 Å². The average Bonchev–Trinajstić information content (AvgIpc) is 2.69. The molecule has 92 valence electrons. The van der Waals surface area contributed by atoms with Crippen molar-refractivity contribution in [3.05, 3.63) is 24.0 Å². The summed E-state index contributed by atoms with van der Waals surface area (Å²) >= 11 is 0. The predicted molar refractivity (Wildman–Crippen MR) is 69.8 cm³/mol. The lowest BCUT2D eigenvalue weighted by atomic mass is 9.89. The Bertz CT molecular complexity index is 275. The maximum Gasteiger partial charge on any atom is 0.0217 e. The molecule has 0 spiro atoms. The van der Waals surface area contributed by atoms with Crippen molar-refractivity contribution in [2.45, 2.75) is 39.2 Å². The van der Waals surface area contributed by atoms with E-state index >= 15 is 0 Å². The zero-order valence-corrected chi connectivity index (χ0v) is 10.9. The third kappa shape index (κ3) is 4.37. The fourth-order valence-corrected chi connectivity index (χ4v) is 1.70. The second kappa shape index (κ2) is 6.06. The van der Waals surface area contributed by atoms with Crippen LogP contribution in [0.5, 0.6) is 0 Å². The van der Waals surface area contributed by atoms with Gasteiger partial charge >= 0.3 is 0 Å². The van der Waals surface area contributed by atoms with E-state index in [-0.39, 0.29) is 5.41 Å². The second-order valence-electron chi connectivity index (χ2n) is 5.25. The van der Waals surface area contributed by atoms with Crippen LogP contribution in [0.1, 0.15) is 33.4 Å². The zero-order valence-electron chi connectivity index (χ0n) is 10.9. The molecule has 0 aliphatic rings. The number of aromatic nitrogens is 1. The number of H-pyrrole nitrogens is 1. The molecule has 1 rings (SSSR count). The first kappa shape index (κ1) is 13.3. The largest absolute Gasteiger partial charge is 0.365 e. The molecule has 3 nitrogen and oxygen atoms in total. The number of hydrogen-bond acceptors (Lipinski definition) is 2. The molecule has 0 fully saturated rings. The lowest BCUT2D eigenvalue weighted by Gasteiger charge is -2.24. The molecule has 1 aromatic heterocycles. The zero-order chi connectivity index (χ0) is 12.0. The molecular formula is C13H25N3. The van der Waals surface area contributed by atoms with Gasteiger partial charge in [0, 0.05) is 43.0 Å². The Kier molecular flexibility index (Phi) is 5.03. The van der Waals surface area contributed by atoms with Gasteiger partial charge in [0.15, 0.2) is 0 Å². The summed E-state index contributed by atoms with van der Waals surface area (Å²) in [4.78, 5) is 3.28. The Balaban J connectivity index is 2.22. The van der Waals surface area contributed by atoms with Crippen LogP contribution in [0.3, 0.4) is 0 Å². The smallest absolute Gasteiger partial charge is 0.0217 e. The van der Waals surface area contributed by atoms with Crippen molar-refractivity contribution in [2.24, 2.45) is 0 Å². The topological polar surface area (TPSA) is 39.8 Å². The first-order chi connectivity index (χ1) is 7.52. The molecule has 1 aromatic rings. The van der Waals surface area contributed by atoms with Gasteiger partial charge in [-0.3, -0.25) is 0 Å². The molecule has 0 bridgehead atoms. The molecule has 0 aliphatic carbocycles. The van der Waals surface area contributed by atoms with Gasteiger partial charge in [-0.1, -0.05) is 27.7 Å². The van der Waals surface area contributed by atoms with Crippen LogP contribution in [-0.2, 0) is 5.41 Å². The van der Waals surface area contributed by atoms with Crippen molar-refractivity contribution in [3.63, 3.8) is 0 Å². The Hall–Kier alpha value is -0.800. The standard InChI is InChI=1S/C13H25N3/c1-11(2)15-9-8-14-10-13(3,4)12-6-5-7-16-12/h5-7,11,14-16H,8-10H2,1-4H3. The highest BCUT2D eigenvalue weighted by Crippen LogP contribution is 2.19. The van der Waals surface area contributed by atoms with E-state index in [4.69, 9.17) is 0 Å². The minimum absolute atomic E-state index is 0.168. The number of rotatable bonds is 7. The average molecular weight is 223 g/mol. The van der Waals surface area contributed by atoms with E-state index in [2.05, 4.69) is 55.4 Å². The van der Waals surface area contributed by atoms with Crippen LogP contribution >= 0.6 is 0 Å². The van der Waals surface area contributed by atoms with E-state index in [1.54, 1.807) is 0 Å². The van der Waals surface area contributed by atoms with Crippen LogP contribution in [0.15, 0.2) is 18.3 Å². The van der Waals surface area contributed by atoms with E-state index < -0.39 is 0 Å². The molecule has 0 aromatic carbocycles. The normalized spacial score (nSPS) is 12.3. The van der Waals surface area contributed by atoms with Gasteiger partial charge in [0.1, 0.15) is 0 Å². The highest BCUT2D eigenvalue weighted by atomic mass is 15.0. The van der Waals surface area contributed by atoms with Gasteiger partial charge in [-0.25, -0.2) is 0 Å². The van der Waals surface area contributed by atoms with Gasteiger partial charge in [-0.15, -0.1) is 0 Å². The summed E-state index contributed by atoms with van der Waals surface area (Å²) in [5.74, 6) is 0. The first-order valence-electron chi connectivity index (χ1n) is 6.10. The Morgan fingerprint density at radius 2 is 2.06 bits per heavy atom. The maximum atomic E-state index is 3.49. The van der Waals surface area contributed by atoms with Crippen LogP contribution in [0, 0.1) is 0 Å². The maximum absolute atomic E-state index is 3.49. The molecular weight excluding hydrogens is 198 g/mol.